The molecule has 0 spiro atoms. The molecule has 0 radical (unpaired) electrons. The maximum Gasteiger partial charge on any atom is 0.129 e. The van der Waals surface area contributed by atoms with E-state index >= 15 is 0 Å². The first kappa shape index (κ1) is 14.5. The molecule has 0 amide bonds. The van der Waals surface area contributed by atoms with Gasteiger partial charge in [0.1, 0.15) is 5.82 Å². The van der Waals surface area contributed by atoms with Crippen LogP contribution in [0.25, 0.3) is 0 Å². The van der Waals surface area contributed by atoms with Crippen LogP contribution in [0.3, 0.4) is 0 Å². The molecule has 1 heterocycles. The molecular formula is C17H26FN. The second-order valence-electron chi connectivity index (χ2n) is 7.05. The number of benzene rings is 1. The van der Waals surface area contributed by atoms with Crippen molar-refractivity contribution in [3.05, 3.63) is 34.6 Å². The summed E-state index contributed by atoms with van der Waals surface area (Å²) in [5, 5.41) is 0. The number of aryl methyl sites for hydroxylation is 1. The fourth-order valence-electron chi connectivity index (χ4n) is 3.02. The number of likely N-dealkylation sites (tertiary alicyclic amines) is 1. The van der Waals surface area contributed by atoms with Gasteiger partial charge in [0.15, 0.2) is 0 Å². The van der Waals surface area contributed by atoms with Gasteiger partial charge in [-0.2, -0.15) is 0 Å². The zero-order valence-corrected chi connectivity index (χ0v) is 12.9. The highest BCUT2D eigenvalue weighted by atomic mass is 19.1. The Bertz CT molecular complexity index is 459. The smallest absolute Gasteiger partial charge is 0.129 e. The molecule has 106 valence electrons. The van der Waals surface area contributed by atoms with Gasteiger partial charge in [-0.15, -0.1) is 0 Å². The van der Waals surface area contributed by atoms with Crippen molar-refractivity contribution in [2.24, 2.45) is 0 Å². The molecule has 1 unspecified atom stereocenters. The summed E-state index contributed by atoms with van der Waals surface area (Å²) in [7, 11) is 2.17. The van der Waals surface area contributed by atoms with Crippen molar-refractivity contribution in [3.8, 4) is 0 Å². The third kappa shape index (κ3) is 3.17. The number of nitrogens with zero attached hydrogens (tertiary/aromatic N) is 1. The van der Waals surface area contributed by atoms with Crippen LogP contribution < -0.4 is 0 Å². The van der Waals surface area contributed by atoms with Crippen molar-refractivity contribution in [2.45, 2.75) is 51.9 Å². The number of piperidine rings is 1. The van der Waals surface area contributed by atoms with Crippen LogP contribution in [-0.2, 0) is 5.41 Å². The van der Waals surface area contributed by atoms with E-state index < -0.39 is 0 Å². The van der Waals surface area contributed by atoms with Crippen molar-refractivity contribution in [2.75, 3.05) is 20.1 Å². The normalized spacial score (nSPS) is 21.7. The molecule has 0 bridgehead atoms. The predicted molar refractivity (Wildman–Crippen MR) is 79.3 cm³/mol. The third-order valence-electron chi connectivity index (χ3n) is 4.18. The maximum atomic E-state index is 14.3. The summed E-state index contributed by atoms with van der Waals surface area (Å²) in [4.78, 5) is 2.38. The van der Waals surface area contributed by atoms with Gasteiger partial charge in [-0.05, 0) is 61.4 Å². The molecule has 1 aromatic rings. The maximum absolute atomic E-state index is 14.3. The standard InChI is InChI=1S/C17H26FN/c1-12-9-14(13-7-6-8-19(5)11-13)10-15(16(12)18)17(2,3)4/h9-10,13H,6-8,11H2,1-5H3. The zero-order valence-electron chi connectivity index (χ0n) is 12.9. The van der Waals surface area contributed by atoms with Crippen molar-refractivity contribution in [1.82, 2.24) is 4.90 Å². The number of rotatable bonds is 1. The summed E-state index contributed by atoms with van der Waals surface area (Å²) < 4.78 is 14.3. The van der Waals surface area contributed by atoms with E-state index in [1.165, 1.54) is 24.9 Å². The Morgan fingerprint density at radius 3 is 2.53 bits per heavy atom. The van der Waals surface area contributed by atoms with Crippen molar-refractivity contribution in [3.63, 3.8) is 0 Å². The quantitative estimate of drug-likeness (QED) is 0.732. The van der Waals surface area contributed by atoms with Crippen LogP contribution in [0, 0.1) is 12.7 Å². The number of hydrogen-bond donors (Lipinski definition) is 0. The topological polar surface area (TPSA) is 3.24 Å². The molecule has 0 aromatic heterocycles. The van der Waals surface area contributed by atoms with E-state index in [9.17, 15) is 4.39 Å². The third-order valence-corrected chi connectivity index (χ3v) is 4.18. The zero-order chi connectivity index (χ0) is 14.2. The van der Waals surface area contributed by atoms with Crippen LogP contribution in [0.5, 0.6) is 0 Å². The highest BCUT2D eigenvalue weighted by molar-refractivity contribution is 5.37. The van der Waals surface area contributed by atoms with Crippen molar-refractivity contribution >= 4 is 0 Å². The van der Waals surface area contributed by atoms with E-state index in [4.69, 9.17) is 0 Å². The minimum atomic E-state index is -0.134. The Hall–Kier alpha value is -0.890. The summed E-state index contributed by atoms with van der Waals surface area (Å²) in [5.41, 5.74) is 2.83. The molecule has 1 nitrogen and oxygen atoms in total. The van der Waals surface area contributed by atoms with Gasteiger partial charge in [-0.25, -0.2) is 4.39 Å². The molecule has 19 heavy (non-hydrogen) atoms. The number of halogens is 1. The van der Waals surface area contributed by atoms with Gasteiger partial charge in [-0.1, -0.05) is 32.9 Å². The molecule has 2 rings (SSSR count). The monoisotopic (exact) mass is 263 g/mol. The summed E-state index contributed by atoms with van der Waals surface area (Å²) in [6.07, 6.45) is 2.46. The van der Waals surface area contributed by atoms with Gasteiger partial charge >= 0.3 is 0 Å². The SMILES string of the molecule is Cc1cc(C2CCCN(C)C2)cc(C(C)(C)C)c1F. The van der Waals surface area contributed by atoms with Crippen LogP contribution in [0.4, 0.5) is 4.39 Å². The second-order valence-corrected chi connectivity index (χ2v) is 7.05. The lowest BCUT2D eigenvalue weighted by molar-refractivity contribution is 0.250. The Morgan fingerprint density at radius 2 is 1.95 bits per heavy atom. The molecule has 2 heteroatoms. The molecule has 0 N–H and O–H groups in total. The van der Waals surface area contributed by atoms with E-state index in [1.807, 2.05) is 6.92 Å². The lowest BCUT2D eigenvalue weighted by Crippen LogP contribution is -2.31. The molecule has 0 aliphatic carbocycles. The lowest BCUT2D eigenvalue weighted by Gasteiger charge is -2.31. The van der Waals surface area contributed by atoms with Gasteiger partial charge in [-0.3, -0.25) is 0 Å². The predicted octanol–water partition coefficient (Wildman–Crippen LogP) is 4.24. The highest BCUT2D eigenvalue weighted by Gasteiger charge is 2.24. The van der Waals surface area contributed by atoms with Crippen LogP contribution in [-0.4, -0.2) is 25.0 Å². The van der Waals surface area contributed by atoms with Crippen molar-refractivity contribution in [1.29, 1.82) is 0 Å². The minimum Gasteiger partial charge on any atom is -0.306 e. The molecule has 1 saturated heterocycles. The first-order valence-corrected chi connectivity index (χ1v) is 7.28. The second kappa shape index (κ2) is 5.24. The van der Waals surface area contributed by atoms with Crippen LogP contribution in [0.1, 0.15) is 56.2 Å². The number of likely N-dealkylation sites (N-methyl/N-ethyl adjacent to an activating group) is 1. The van der Waals surface area contributed by atoms with E-state index in [0.717, 1.165) is 17.7 Å². The molecular weight excluding hydrogens is 237 g/mol. The van der Waals surface area contributed by atoms with E-state index in [-0.39, 0.29) is 11.2 Å². The largest absolute Gasteiger partial charge is 0.306 e. The summed E-state index contributed by atoms with van der Waals surface area (Å²) in [6.45, 7) is 10.4. The Morgan fingerprint density at radius 1 is 1.26 bits per heavy atom. The van der Waals surface area contributed by atoms with Gasteiger partial charge < -0.3 is 4.90 Å². The van der Waals surface area contributed by atoms with E-state index in [2.05, 4.69) is 44.9 Å². The van der Waals surface area contributed by atoms with E-state index in [1.54, 1.807) is 0 Å². The Kier molecular flexibility index (Phi) is 4.00. The first-order chi connectivity index (χ1) is 8.79. The van der Waals surface area contributed by atoms with Crippen molar-refractivity contribution < 1.29 is 4.39 Å². The van der Waals surface area contributed by atoms with Gasteiger partial charge in [0, 0.05) is 6.54 Å². The fourth-order valence-corrected chi connectivity index (χ4v) is 3.02. The van der Waals surface area contributed by atoms with E-state index in [0.29, 0.717) is 5.92 Å². The first-order valence-electron chi connectivity index (χ1n) is 7.28. The van der Waals surface area contributed by atoms with Gasteiger partial charge in [0.05, 0.1) is 0 Å². The van der Waals surface area contributed by atoms with Crippen LogP contribution in [0.15, 0.2) is 12.1 Å². The fraction of sp³-hybridized carbons (Fsp3) is 0.647. The minimum absolute atomic E-state index is 0.0274. The molecule has 1 aromatic carbocycles. The van der Waals surface area contributed by atoms with Gasteiger partial charge in [0.2, 0.25) is 0 Å². The number of hydrogen-bond acceptors (Lipinski definition) is 1. The molecule has 1 atom stereocenters. The van der Waals surface area contributed by atoms with Crippen LogP contribution >= 0.6 is 0 Å². The lowest BCUT2D eigenvalue weighted by atomic mass is 9.81. The average Bonchev–Trinajstić information content (AvgIpc) is 2.31. The Balaban J connectivity index is 2.39. The Labute approximate surface area is 116 Å². The van der Waals surface area contributed by atoms with Gasteiger partial charge in [0.25, 0.3) is 0 Å². The summed E-state index contributed by atoms with van der Waals surface area (Å²) in [5.74, 6) is 0.527. The summed E-state index contributed by atoms with van der Waals surface area (Å²) >= 11 is 0. The highest BCUT2D eigenvalue weighted by Crippen LogP contribution is 2.33. The molecule has 0 saturated carbocycles. The van der Waals surface area contributed by atoms with Crippen LogP contribution in [0.2, 0.25) is 0 Å². The molecule has 1 fully saturated rings. The molecule has 1 aliphatic rings. The summed E-state index contributed by atoms with van der Waals surface area (Å²) in [6, 6.07) is 4.15. The average molecular weight is 263 g/mol. The molecule has 1 aliphatic heterocycles.